The number of aliphatic hydroxyl groups excluding tert-OH is 1. The van der Waals surface area contributed by atoms with Crippen molar-refractivity contribution in [1.82, 2.24) is 0 Å². The Labute approximate surface area is 197 Å². The highest BCUT2D eigenvalue weighted by Gasteiger charge is 2.67. The first-order valence-electron chi connectivity index (χ1n) is 12.6. The largest absolute Gasteiger partial charge is 0.504 e. The number of carbonyl (C=O) groups excluding carboxylic acids is 1. The van der Waals surface area contributed by atoms with E-state index in [1.54, 1.807) is 6.08 Å². The molecular weight excluding hydrogens is 412 g/mol. The van der Waals surface area contributed by atoms with E-state index in [1.807, 2.05) is 13.8 Å². The molecular formula is C29H38O4. The number of carboxylic acids is 1. The lowest BCUT2D eigenvalue weighted by Gasteiger charge is -2.70. The third-order valence-electron chi connectivity index (χ3n) is 11.4. The lowest BCUT2D eigenvalue weighted by molar-refractivity contribution is -0.178. The van der Waals surface area contributed by atoms with Crippen molar-refractivity contribution in [3.8, 4) is 0 Å². The smallest absolute Gasteiger partial charge is 0.309 e. The number of hydrogen-bond donors (Lipinski definition) is 2. The van der Waals surface area contributed by atoms with Gasteiger partial charge in [0.05, 0.1) is 5.41 Å². The summed E-state index contributed by atoms with van der Waals surface area (Å²) in [6.45, 7) is 13.3. The Balaban J connectivity index is 1.64. The van der Waals surface area contributed by atoms with Crippen molar-refractivity contribution in [1.29, 1.82) is 0 Å². The molecule has 178 valence electrons. The summed E-state index contributed by atoms with van der Waals surface area (Å²) in [5, 5.41) is 20.3. The lowest BCUT2D eigenvalue weighted by atomic mass is 9.34. The van der Waals surface area contributed by atoms with Crippen molar-refractivity contribution in [3.63, 3.8) is 0 Å². The molecule has 0 saturated heterocycles. The second kappa shape index (κ2) is 6.52. The molecule has 0 aliphatic heterocycles. The molecule has 0 aromatic heterocycles. The zero-order valence-electron chi connectivity index (χ0n) is 21.0. The summed E-state index contributed by atoms with van der Waals surface area (Å²) in [5.74, 6) is -0.734. The molecule has 0 unspecified atom stereocenters. The Kier molecular flexibility index (Phi) is 4.48. The maximum atomic E-state index is 12.6. The molecule has 0 bridgehead atoms. The van der Waals surface area contributed by atoms with Crippen molar-refractivity contribution >= 4 is 11.8 Å². The SMILES string of the molecule is CC1=C(O)C(=O)C=C2C1=CC=C1[C@@]2(C)CC[C@@]2(C)[C@H]3C[C@@](C)(C(=O)O)CC[C@]3(C)CC[C@]12C. The molecule has 3 saturated carbocycles. The Morgan fingerprint density at radius 3 is 2.30 bits per heavy atom. The van der Waals surface area contributed by atoms with E-state index in [2.05, 4.69) is 39.8 Å². The molecule has 0 spiro atoms. The fraction of sp³-hybridized carbons (Fsp3) is 0.655. The predicted octanol–water partition coefficient (Wildman–Crippen LogP) is 6.70. The molecule has 0 aromatic carbocycles. The first-order chi connectivity index (χ1) is 15.2. The highest BCUT2D eigenvalue weighted by molar-refractivity contribution is 6.06. The summed E-state index contributed by atoms with van der Waals surface area (Å²) in [6.07, 6.45) is 12.7. The summed E-state index contributed by atoms with van der Waals surface area (Å²) < 4.78 is 0. The van der Waals surface area contributed by atoms with E-state index in [-0.39, 0.29) is 33.2 Å². The summed E-state index contributed by atoms with van der Waals surface area (Å²) in [5.41, 5.74) is 3.33. The molecule has 2 N–H and O–H groups in total. The highest BCUT2D eigenvalue weighted by Crippen LogP contribution is 2.75. The van der Waals surface area contributed by atoms with Crippen molar-refractivity contribution < 1.29 is 19.8 Å². The van der Waals surface area contributed by atoms with Gasteiger partial charge in [-0.15, -0.1) is 0 Å². The Bertz CT molecular complexity index is 1100. The highest BCUT2D eigenvalue weighted by atomic mass is 16.4. The van der Waals surface area contributed by atoms with Crippen molar-refractivity contribution in [2.24, 2.45) is 33.0 Å². The normalized spacial score (nSPS) is 46.8. The van der Waals surface area contributed by atoms with Gasteiger partial charge >= 0.3 is 5.97 Å². The minimum absolute atomic E-state index is 0.0000746. The molecule has 4 heteroatoms. The average molecular weight is 451 g/mol. The standard InChI is InChI=1S/C29H38O4/c1-17-18-7-8-21-27(4,19(18)15-20(30)23(17)31)12-14-29(6)22-16-26(3,24(32)33)10-9-25(22,2)11-13-28(21,29)5/h7-8,15,22,31H,9-14,16H2,1-6H3,(H,32,33)/t22-,25+,26-,27-,28+,29-/m0/s1. The van der Waals surface area contributed by atoms with E-state index >= 15 is 0 Å². The molecule has 0 aromatic rings. The van der Waals surface area contributed by atoms with Crippen LogP contribution in [0.4, 0.5) is 0 Å². The van der Waals surface area contributed by atoms with Gasteiger partial charge in [0.25, 0.3) is 0 Å². The monoisotopic (exact) mass is 450 g/mol. The number of aliphatic carboxylic acids is 1. The Morgan fingerprint density at radius 1 is 0.970 bits per heavy atom. The molecule has 5 aliphatic carbocycles. The van der Waals surface area contributed by atoms with Gasteiger partial charge in [-0.3, -0.25) is 9.59 Å². The first kappa shape index (κ1) is 22.7. The number of carboxylic acid groups (broad SMARTS) is 1. The van der Waals surface area contributed by atoms with Gasteiger partial charge in [-0.1, -0.05) is 45.4 Å². The van der Waals surface area contributed by atoms with Gasteiger partial charge in [0.15, 0.2) is 5.76 Å². The van der Waals surface area contributed by atoms with Gasteiger partial charge in [-0.25, -0.2) is 0 Å². The average Bonchev–Trinajstić information content (AvgIpc) is 2.75. The van der Waals surface area contributed by atoms with Gasteiger partial charge in [-0.05, 0) is 98.2 Å². The summed E-state index contributed by atoms with van der Waals surface area (Å²) in [6, 6.07) is 0. The van der Waals surface area contributed by atoms with Crippen molar-refractivity contribution in [3.05, 3.63) is 46.3 Å². The Morgan fingerprint density at radius 2 is 1.64 bits per heavy atom. The molecule has 6 atom stereocenters. The third-order valence-corrected chi connectivity index (χ3v) is 11.4. The van der Waals surface area contributed by atoms with Crippen LogP contribution in [0, 0.1) is 33.0 Å². The van der Waals surface area contributed by atoms with Crippen LogP contribution in [0.15, 0.2) is 46.3 Å². The molecule has 5 rings (SSSR count). The van der Waals surface area contributed by atoms with E-state index in [9.17, 15) is 19.8 Å². The van der Waals surface area contributed by atoms with E-state index in [1.165, 1.54) is 5.57 Å². The Hall–Kier alpha value is -2.10. The molecule has 5 aliphatic rings. The second-order valence-corrected chi connectivity index (χ2v) is 12.9. The zero-order chi connectivity index (χ0) is 24.2. The van der Waals surface area contributed by atoms with Crippen LogP contribution in [0.3, 0.4) is 0 Å². The van der Waals surface area contributed by atoms with Crippen LogP contribution in [0.2, 0.25) is 0 Å². The second-order valence-electron chi connectivity index (χ2n) is 12.9. The minimum Gasteiger partial charge on any atom is -0.504 e. The van der Waals surface area contributed by atoms with Crippen molar-refractivity contribution in [2.75, 3.05) is 0 Å². The third kappa shape index (κ3) is 2.64. The molecule has 3 fully saturated rings. The number of hydrogen-bond acceptors (Lipinski definition) is 3. The number of carbonyl (C=O) groups is 2. The van der Waals surface area contributed by atoms with Gasteiger partial charge in [0, 0.05) is 11.0 Å². The van der Waals surface area contributed by atoms with Crippen LogP contribution >= 0.6 is 0 Å². The van der Waals surface area contributed by atoms with Crippen LogP contribution in [-0.2, 0) is 9.59 Å². The first-order valence-corrected chi connectivity index (χ1v) is 12.6. The minimum atomic E-state index is -0.655. The maximum absolute atomic E-state index is 12.6. The van der Waals surface area contributed by atoms with Crippen molar-refractivity contribution in [2.45, 2.75) is 86.5 Å². The van der Waals surface area contributed by atoms with E-state index in [0.29, 0.717) is 11.5 Å². The summed E-state index contributed by atoms with van der Waals surface area (Å²) in [7, 11) is 0. The topological polar surface area (TPSA) is 74.6 Å². The molecule has 0 amide bonds. The molecule has 0 heterocycles. The fourth-order valence-corrected chi connectivity index (χ4v) is 8.65. The van der Waals surface area contributed by atoms with Crippen LogP contribution < -0.4 is 0 Å². The van der Waals surface area contributed by atoms with E-state index < -0.39 is 11.4 Å². The number of aliphatic hydroxyl groups is 1. The molecule has 4 nitrogen and oxygen atoms in total. The number of ketones is 1. The van der Waals surface area contributed by atoms with Crippen LogP contribution in [0.25, 0.3) is 0 Å². The van der Waals surface area contributed by atoms with Gasteiger partial charge in [0.2, 0.25) is 5.78 Å². The van der Waals surface area contributed by atoms with Gasteiger partial charge < -0.3 is 10.2 Å². The van der Waals surface area contributed by atoms with E-state index in [4.69, 9.17) is 0 Å². The number of fused-ring (bicyclic) bond motifs is 7. The molecule has 0 radical (unpaired) electrons. The summed E-state index contributed by atoms with van der Waals surface area (Å²) in [4.78, 5) is 24.8. The quantitative estimate of drug-likeness (QED) is 0.466. The van der Waals surface area contributed by atoms with Crippen LogP contribution in [0.5, 0.6) is 0 Å². The lowest BCUT2D eigenvalue weighted by Crippen LogP contribution is -2.62. The van der Waals surface area contributed by atoms with Gasteiger partial charge in [0.1, 0.15) is 0 Å². The number of allylic oxidation sites excluding steroid dienone is 7. The van der Waals surface area contributed by atoms with E-state index in [0.717, 1.165) is 56.1 Å². The molecule has 33 heavy (non-hydrogen) atoms. The number of rotatable bonds is 1. The zero-order valence-corrected chi connectivity index (χ0v) is 21.0. The maximum Gasteiger partial charge on any atom is 0.309 e. The van der Waals surface area contributed by atoms with Crippen LogP contribution in [0.1, 0.15) is 86.5 Å². The predicted molar refractivity (Wildman–Crippen MR) is 129 cm³/mol. The summed E-state index contributed by atoms with van der Waals surface area (Å²) >= 11 is 0. The fourth-order valence-electron chi connectivity index (χ4n) is 8.65. The van der Waals surface area contributed by atoms with Gasteiger partial charge in [-0.2, -0.15) is 0 Å². The van der Waals surface area contributed by atoms with Crippen LogP contribution in [-0.4, -0.2) is 22.0 Å².